The molecule has 0 aliphatic carbocycles. The van der Waals surface area contributed by atoms with Crippen LogP contribution in [-0.2, 0) is 0 Å². The largest absolute Gasteiger partial charge is 0.326 e. The van der Waals surface area contributed by atoms with Crippen LogP contribution >= 0.6 is 0 Å². The Balaban J connectivity index is 2.68. The van der Waals surface area contributed by atoms with E-state index in [0.29, 0.717) is 0 Å². The fourth-order valence-electron chi connectivity index (χ4n) is 1.01. The van der Waals surface area contributed by atoms with E-state index in [-0.39, 0.29) is 0 Å². The van der Waals surface area contributed by atoms with Crippen molar-refractivity contribution >= 4 is 5.57 Å². The van der Waals surface area contributed by atoms with E-state index in [1.807, 2.05) is 43.5 Å². The predicted molar refractivity (Wildman–Crippen MR) is 56.9 cm³/mol. The summed E-state index contributed by atoms with van der Waals surface area (Å²) in [4.78, 5) is 0. The Kier molecular flexibility index (Phi) is 3.53. The molecule has 0 aromatic heterocycles. The van der Waals surface area contributed by atoms with Crippen molar-refractivity contribution in [2.75, 3.05) is 14.1 Å². The van der Waals surface area contributed by atoms with Crippen LogP contribution in [0, 0.1) is 0 Å². The van der Waals surface area contributed by atoms with Gasteiger partial charge in [-0.25, -0.2) is 5.01 Å². The zero-order valence-corrected chi connectivity index (χ0v) is 8.41. The van der Waals surface area contributed by atoms with Crippen LogP contribution in [0.25, 0.3) is 5.57 Å². The van der Waals surface area contributed by atoms with Crippen LogP contribution in [0.15, 0.2) is 36.5 Å². The van der Waals surface area contributed by atoms with Crippen molar-refractivity contribution in [1.29, 1.82) is 0 Å². The fourth-order valence-corrected chi connectivity index (χ4v) is 1.01. The standard InChI is InChI=1S/C11H16N2/c1-10(9-12-13(2)3)11-7-5-4-6-8-11/h4-9,12H,1-3H3/b10-9+. The molecule has 0 spiro atoms. The van der Waals surface area contributed by atoms with E-state index in [0.717, 1.165) is 0 Å². The van der Waals surface area contributed by atoms with Crippen molar-refractivity contribution in [2.24, 2.45) is 0 Å². The zero-order chi connectivity index (χ0) is 9.68. The second-order valence-corrected chi connectivity index (χ2v) is 3.22. The van der Waals surface area contributed by atoms with E-state index < -0.39 is 0 Å². The number of benzene rings is 1. The molecule has 0 amide bonds. The highest BCUT2D eigenvalue weighted by Crippen LogP contribution is 2.10. The molecule has 0 heterocycles. The molecular weight excluding hydrogens is 160 g/mol. The topological polar surface area (TPSA) is 15.3 Å². The summed E-state index contributed by atoms with van der Waals surface area (Å²) in [7, 11) is 3.93. The van der Waals surface area contributed by atoms with E-state index >= 15 is 0 Å². The smallest absolute Gasteiger partial charge is 0.0163 e. The van der Waals surface area contributed by atoms with Gasteiger partial charge in [-0.3, -0.25) is 0 Å². The molecule has 2 heteroatoms. The normalized spacial score (nSPS) is 11.8. The first-order chi connectivity index (χ1) is 6.20. The van der Waals surface area contributed by atoms with Crippen molar-refractivity contribution in [3.63, 3.8) is 0 Å². The molecule has 1 N–H and O–H groups in total. The molecule has 1 rings (SSSR count). The summed E-state index contributed by atoms with van der Waals surface area (Å²) in [6, 6.07) is 10.3. The van der Waals surface area contributed by atoms with Gasteiger partial charge in [-0.1, -0.05) is 30.3 Å². The van der Waals surface area contributed by atoms with Crippen molar-refractivity contribution in [1.82, 2.24) is 10.4 Å². The van der Waals surface area contributed by atoms with Crippen molar-refractivity contribution in [3.05, 3.63) is 42.1 Å². The van der Waals surface area contributed by atoms with Gasteiger partial charge in [0.25, 0.3) is 0 Å². The minimum Gasteiger partial charge on any atom is -0.326 e. The molecule has 0 saturated heterocycles. The monoisotopic (exact) mass is 176 g/mol. The third-order valence-electron chi connectivity index (χ3n) is 1.77. The third kappa shape index (κ3) is 3.30. The molecule has 1 aromatic rings. The Labute approximate surface area is 79.8 Å². The van der Waals surface area contributed by atoms with Gasteiger partial charge in [-0.15, -0.1) is 0 Å². The first kappa shape index (κ1) is 9.81. The maximum absolute atomic E-state index is 3.12. The summed E-state index contributed by atoms with van der Waals surface area (Å²) in [5.41, 5.74) is 5.59. The van der Waals surface area contributed by atoms with Gasteiger partial charge in [0.1, 0.15) is 0 Å². The average molecular weight is 176 g/mol. The van der Waals surface area contributed by atoms with Crippen LogP contribution in [0.2, 0.25) is 0 Å². The lowest BCUT2D eigenvalue weighted by molar-refractivity contribution is 0.343. The molecule has 70 valence electrons. The van der Waals surface area contributed by atoms with Crippen LogP contribution in [-0.4, -0.2) is 19.1 Å². The molecule has 0 aliphatic rings. The molecule has 0 radical (unpaired) electrons. The number of hydrogen-bond donors (Lipinski definition) is 1. The molecular formula is C11H16N2. The molecule has 2 nitrogen and oxygen atoms in total. The van der Waals surface area contributed by atoms with E-state index in [4.69, 9.17) is 0 Å². The predicted octanol–water partition coefficient (Wildman–Crippen LogP) is 2.11. The lowest BCUT2D eigenvalue weighted by Crippen LogP contribution is -2.25. The number of hydrogen-bond acceptors (Lipinski definition) is 2. The van der Waals surface area contributed by atoms with Gasteiger partial charge in [0.15, 0.2) is 0 Å². The first-order valence-corrected chi connectivity index (χ1v) is 4.36. The van der Waals surface area contributed by atoms with Gasteiger partial charge >= 0.3 is 0 Å². The third-order valence-corrected chi connectivity index (χ3v) is 1.77. The molecule has 0 unspecified atom stereocenters. The maximum Gasteiger partial charge on any atom is 0.0163 e. The molecule has 13 heavy (non-hydrogen) atoms. The second kappa shape index (κ2) is 4.67. The van der Waals surface area contributed by atoms with Gasteiger partial charge in [0.05, 0.1) is 0 Å². The van der Waals surface area contributed by atoms with E-state index in [1.54, 1.807) is 0 Å². The minimum absolute atomic E-state index is 1.23. The van der Waals surface area contributed by atoms with Gasteiger partial charge in [0.2, 0.25) is 0 Å². The molecule has 1 aromatic carbocycles. The lowest BCUT2D eigenvalue weighted by Gasteiger charge is -2.10. The SMILES string of the molecule is C/C(=C\NN(C)C)c1ccccc1. The maximum atomic E-state index is 3.12. The summed E-state index contributed by atoms with van der Waals surface area (Å²) < 4.78 is 0. The number of hydrazine groups is 1. The molecule has 0 saturated carbocycles. The summed E-state index contributed by atoms with van der Waals surface area (Å²) in [6.07, 6.45) is 2.00. The lowest BCUT2D eigenvalue weighted by atomic mass is 10.1. The summed E-state index contributed by atoms with van der Waals surface area (Å²) >= 11 is 0. The number of allylic oxidation sites excluding steroid dienone is 1. The molecule has 0 fully saturated rings. The van der Waals surface area contributed by atoms with Crippen LogP contribution in [0.5, 0.6) is 0 Å². The highest BCUT2D eigenvalue weighted by Gasteiger charge is 1.92. The van der Waals surface area contributed by atoms with Crippen LogP contribution in [0.3, 0.4) is 0 Å². The fraction of sp³-hybridized carbons (Fsp3) is 0.273. The van der Waals surface area contributed by atoms with E-state index in [2.05, 4.69) is 24.5 Å². The summed E-state index contributed by atoms with van der Waals surface area (Å²) in [5.74, 6) is 0. The van der Waals surface area contributed by atoms with E-state index in [9.17, 15) is 0 Å². The van der Waals surface area contributed by atoms with Crippen LogP contribution < -0.4 is 5.43 Å². The number of nitrogens with zero attached hydrogens (tertiary/aromatic N) is 1. The van der Waals surface area contributed by atoms with Gasteiger partial charge in [-0.05, 0) is 18.1 Å². The Hall–Kier alpha value is -1.28. The quantitative estimate of drug-likeness (QED) is 0.710. The van der Waals surface area contributed by atoms with Gasteiger partial charge < -0.3 is 5.43 Å². The van der Waals surface area contributed by atoms with Crippen molar-refractivity contribution in [2.45, 2.75) is 6.92 Å². The number of nitrogens with one attached hydrogen (secondary N) is 1. The van der Waals surface area contributed by atoms with E-state index in [1.165, 1.54) is 11.1 Å². The highest BCUT2D eigenvalue weighted by atomic mass is 15.5. The molecule has 0 atom stereocenters. The van der Waals surface area contributed by atoms with Crippen LogP contribution in [0.4, 0.5) is 0 Å². The van der Waals surface area contributed by atoms with Gasteiger partial charge in [0, 0.05) is 20.3 Å². The van der Waals surface area contributed by atoms with Gasteiger partial charge in [-0.2, -0.15) is 0 Å². The summed E-state index contributed by atoms with van der Waals surface area (Å²) in [6.45, 7) is 2.09. The van der Waals surface area contributed by atoms with Crippen LogP contribution in [0.1, 0.15) is 12.5 Å². The summed E-state index contributed by atoms with van der Waals surface area (Å²) in [5, 5.41) is 1.91. The molecule has 0 bridgehead atoms. The Morgan fingerprint density at radius 1 is 1.23 bits per heavy atom. The second-order valence-electron chi connectivity index (χ2n) is 3.22. The van der Waals surface area contributed by atoms with Crippen molar-refractivity contribution < 1.29 is 0 Å². The molecule has 0 aliphatic heterocycles. The zero-order valence-electron chi connectivity index (χ0n) is 8.41. The first-order valence-electron chi connectivity index (χ1n) is 4.36. The average Bonchev–Trinajstić information content (AvgIpc) is 2.15. The van der Waals surface area contributed by atoms with Crippen molar-refractivity contribution in [3.8, 4) is 0 Å². The Bertz CT molecular complexity index is 275. The Morgan fingerprint density at radius 3 is 2.38 bits per heavy atom. The minimum atomic E-state index is 1.23. The number of rotatable bonds is 3. The Morgan fingerprint density at radius 2 is 1.85 bits per heavy atom. The highest BCUT2D eigenvalue weighted by molar-refractivity contribution is 5.62.